The quantitative estimate of drug-likeness (QED) is 0.394. The van der Waals surface area contributed by atoms with Crippen LogP contribution in [0.4, 0.5) is 0 Å². The summed E-state index contributed by atoms with van der Waals surface area (Å²) in [4.78, 5) is 3.90. The van der Waals surface area contributed by atoms with Gasteiger partial charge in [0.2, 0.25) is 5.88 Å². The predicted molar refractivity (Wildman–Crippen MR) is 94.9 cm³/mol. The van der Waals surface area contributed by atoms with Gasteiger partial charge in [-0.3, -0.25) is 13.6 Å². The second kappa shape index (κ2) is 10.3. The topological polar surface area (TPSA) is 95.0 Å². The molecule has 1 aromatic rings. The molecule has 0 aromatic carbocycles. The van der Waals surface area contributed by atoms with Gasteiger partial charge in [0, 0.05) is 11.8 Å². The van der Waals surface area contributed by atoms with Crippen LogP contribution in [0.25, 0.3) is 0 Å². The van der Waals surface area contributed by atoms with Crippen LogP contribution in [0.3, 0.4) is 0 Å². The fourth-order valence-electron chi connectivity index (χ4n) is 1.00. The molecule has 23 heavy (non-hydrogen) atoms. The normalized spacial score (nSPS) is 11.6. The number of hydrogen-bond donors (Lipinski definition) is 1. The van der Waals surface area contributed by atoms with E-state index in [1.165, 1.54) is 6.07 Å². The van der Waals surface area contributed by atoms with Crippen molar-refractivity contribution in [3.8, 4) is 5.88 Å². The lowest BCUT2D eigenvalue weighted by Crippen LogP contribution is -2.03. The van der Waals surface area contributed by atoms with Crippen LogP contribution in [-0.2, 0) is 31.0 Å². The standard InChI is InChI=1S/C9H11Cl3NO3PS.CH4O3S/c1-3-14-17(18,15-4-2)16-9-7(11)5-6(10)8(12)13-9;1-5(2,3)4/h5H,3-4H2,1-2H3;1H3,(H,2,3,4). The van der Waals surface area contributed by atoms with Gasteiger partial charge in [-0.1, -0.05) is 34.8 Å². The zero-order chi connectivity index (χ0) is 18.3. The van der Waals surface area contributed by atoms with E-state index in [1.807, 2.05) is 0 Å². The molecule has 0 saturated heterocycles. The molecule has 0 aliphatic heterocycles. The van der Waals surface area contributed by atoms with Crippen molar-refractivity contribution in [2.45, 2.75) is 13.8 Å². The maximum atomic E-state index is 9.19. The first-order chi connectivity index (χ1) is 10.4. The van der Waals surface area contributed by atoms with E-state index < -0.39 is 16.8 Å². The van der Waals surface area contributed by atoms with Gasteiger partial charge in [-0.05, 0) is 19.9 Å². The Hall–Kier alpha value is 0.300. The van der Waals surface area contributed by atoms with Gasteiger partial charge in [0.1, 0.15) is 5.02 Å². The Morgan fingerprint density at radius 2 is 1.65 bits per heavy atom. The van der Waals surface area contributed by atoms with E-state index in [0.29, 0.717) is 19.5 Å². The second-order valence-electron chi connectivity index (χ2n) is 3.66. The molecule has 0 fully saturated rings. The summed E-state index contributed by atoms with van der Waals surface area (Å²) in [5.41, 5.74) is 0. The van der Waals surface area contributed by atoms with Gasteiger partial charge < -0.3 is 4.52 Å². The van der Waals surface area contributed by atoms with Crippen LogP contribution in [0.5, 0.6) is 5.88 Å². The van der Waals surface area contributed by atoms with Crippen molar-refractivity contribution in [3.05, 3.63) is 21.3 Å². The average molecular weight is 447 g/mol. The summed E-state index contributed by atoms with van der Waals surface area (Å²) in [5.74, 6) is 0.0521. The summed E-state index contributed by atoms with van der Waals surface area (Å²) >= 11 is 22.7. The second-order valence-corrected chi connectivity index (χ2v) is 9.23. The van der Waals surface area contributed by atoms with Gasteiger partial charge in [0.05, 0.1) is 24.5 Å². The highest BCUT2D eigenvalue weighted by atomic mass is 35.5. The molecule has 0 aliphatic carbocycles. The number of hydrogen-bond acceptors (Lipinski definition) is 7. The highest BCUT2D eigenvalue weighted by molar-refractivity contribution is 8.07. The lowest BCUT2D eigenvalue weighted by molar-refractivity contribution is 0.216. The summed E-state index contributed by atoms with van der Waals surface area (Å²) in [5, 5.41) is 0.499. The van der Waals surface area contributed by atoms with E-state index in [-0.39, 0.29) is 21.1 Å². The summed E-state index contributed by atoms with van der Waals surface area (Å²) in [6.45, 7) is 1.37. The van der Waals surface area contributed by atoms with Crippen LogP contribution >= 0.6 is 41.5 Å². The van der Waals surface area contributed by atoms with E-state index >= 15 is 0 Å². The fraction of sp³-hybridized carbons (Fsp3) is 0.500. The zero-order valence-electron chi connectivity index (χ0n) is 12.3. The first kappa shape index (κ1) is 23.3. The third-order valence-corrected chi connectivity index (χ3v) is 4.97. The van der Waals surface area contributed by atoms with Gasteiger partial charge in [-0.15, -0.1) is 0 Å². The molecule has 1 heterocycles. The van der Waals surface area contributed by atoms with Crippen molar-refractivity contribution in [2.24, 2.45) is 0 Å². The van der Waals surface area contributed by atoms with Crippen molar-refractivity contribution < 1.29 is 26.5 Å². The molecule has 1 rings (SSSR count). The smallest absolute Gasteiger partial charge is 0.381 e. The Morgan fingerprint density at radius 3 is 2.04 bits per heavy atom. The Bertz CT molecular complexity index is 655. The maximum absolute atomic E-state index is 9.19. The molecular formula is C10H15Cl3NO6PS2. The third kappa shape index (κ3) is 10.7. The zero-order valence-corrected chi connectivity index (χ0v) is 17.1. The van der Waals surface area contributed by atoms with Crippen molar-refractivity contribution in [1.29, 1.82) is 0 Å². The van der Waals surface area contributed by atoms with Crippen LogP contribution < -0.4 is 4.52 Å². The Morgan fingerprint density at radius 1 is 1.22 bits per heavy atom. The molecule has 0 radical (unpaired) electrons. The number of rotatable bonds is 6. The van der Waals surface area contributed by atoms with Crippen LogP contribution in [0.2, 0.25) is 15.2 Å². The van der Waals surface area contributed by atoms with Gasteiger partial charge in [0.15, 0.2) is 5.15 Å². The lowest BCUT2D eigenvalue weighted by atomic mass is 10.5. The van der Waals surface area contributed by atoms with Gasteiger partial charge in [-0.2, -0.15) is 13.4 Å². The average Bonchev–Trinajstić information content (AvgIpc) is 2.34. The molecule has 0 bridgehead atoms. The Kier molecular flexibility index (Phi) is 10.5. The minimum Gasteiger partial charge on any atom is -0.404 e. The van der Waals surface area contributed by atoms with Gasteiger partial charge >= 0.3 is 6.72 Å². The molecule has 7 nitrogen and oxygen atoms in total. The molecule has 0 saturated carbocycles. The Labute approximate surface area is 155 Å². The first-order valence-corrected chi connectivity index (χ1v) is 11.5. The lowest BCUT2D eigenvalue weighted by Gasteiger charge is -2.20. The molecule has 13 heteroatoms. The monoisotopic (exact) mass is 445 g/mol. The molecule has 0 spiro atoms. The van der Waals surface area contributed by atoms with Crippen LogP contribution in [0, 0.1) is 0 Å². The highest BCUT2D eigenvalue weighted by Crippen LogP contribution is 2.51. The summed E-state index contributed by atoms with van der Waals surface area (Å²) < 4.78 is 41.9. The van der Waals surface area contributed by atoms with E-state index in [9.17, 15) is 8.42 Å². The van der Waals surface area contributed by atoms with E-state index in [2.05, 4.69) is 4.98 Å². The van der Waals surface area contributed by atoms with Gasteiger partial charge in [0.25, 0.3) is 10.1 Å². The van der Waals surface area contributed by atoms with Crippen LogP contribution in [0.15, 0.2) is 6.07 Å². The molecule has 1 N–H and O–H groups in total. The molecule has 1 aromatic heterocycles. The van der Waals surface area contributed by atoms with E-state index in [0.717, 1.165) is 0 Å². The number of halogens is 3. The molecular weight excluding hydrogens is 432 g/mol. The molecule has 0 aliphatic rings. The summed E-state index contributed by atoms with van der Waals surface area (Å²) in [6.07, 6.45) is 0.715. The number of aromatic nitrogens is 1. The molecule has 0 amide bonds. The number of pyridine rings is 1. The van der Waals surface area contributed by atoms with Crippen molar-refractivity contribution >= 4 is 63.4 Å². The number of nitrogens with zero attached hydrogens (tertiary/aromatic N) is 1. The predicted octanol–water partition coefficient (Wildman–Crippen LogP) is 4.22. The van der Waals surface area contributed by atoms with E-state index in [4.69, 9.17) is 64.7 Å². The van der Waals surface area contributed by atoms with Crippen LogP contribution in [-0.4, -0.2) is 37.4 Å². The van der Waals surface area contributed by atoms with Crippen molar-refractivity contribution in [1.82, 2.24) is 4.98 Å². The summed E-state index contributed by atoms with van der Waals surface area (Å²) in [6, 6.07) is 1.42. The third-order valence-electron chi connectivity index (χ3n) is 1.63. The minimum atomic E-state index is -3.67. The van der Waals surface area contributed by atoms with Crippen LogP contribution in [0.1, 0.15) is 13.8 Å². The summed E-state index contributed by atoms with van der Waals surface area (Å²) in [7, 11) is -3.67. The van der Waals surface area contributed by atoms with Crippen molar-refractivity contribution in [3.63, 3.8) is 0 Å². The fourth-order valence-corrected chi connectivity index (χ4v) is 3.59. The molecule has 134 valence electrons. The molecule has 0 unspecified atom stereocenters. The molecule has 0 atom stereocenters. The SMILES string of the molecule is CCOP(=S)(OCC)Oc1nc(Cl)c(Cl)cc1Cl.CS(=O)(=O)O. The minimum absolute atomic E-state index is 0.0521. The Balaban J connectivity index is 0.000000841. The van der Waals surface area contributed by atoms with Crippen molar-refractivity contribution in [2.75, 3.05) is 19.5 Å². The highest BCUT2D eigenvalue weighted by Gasteiger charge is 2.24. The maximum Gasteiger partial charge on any atom is 0.381 e. The first-order valence-electron chi connectivity index (χ1n) is 5.94. The van der Waals surface area contributed by atoms with E-state index in [1.54, 1.807) is 13.8 Å². The van der Waals surface area contributed by atoms with Gasteiger partial charge in [-0.25, -0.2) is 0 Å². The largest absolute Gasteiger partial charge is 0.404 e.